The molecule has 0 atom stereocenters. The topological polar surface area (TPSA) is 84.1 Å². The Labute approximate surface area is 111 Å². The second kappa shape index (κ2) is 5.81. The van der Waals surface area contributed by atoms with Crippen molar-refractivity contribution >= 4 is 17.7 Å². The molecule has 1 fully saturated rings. The van der Waals surface area contributed by atoms with Gasteiger partial charge in [0.15, 0.2) is 11.6 Å². The molecular formula is C12H18FN5O. The van der Waals surface area contributed by atoms with Crippen LogP contribution in [0.25, 0.3) is 0 Å². The summed E-state index contributed by atoms with van der Waals surface area (Å²) in [5, 5.41) is 2.76. The van der Waals surface area contributed by atoms with Crippen LogP contribution >= 0.6 is 0 Å². The van der Waals surface area contributed by atoms with E-state index in [0.717, 1.165) is 31.9 Å². The fourth-order valence-corrected chi connectivity index (χ4v) is 2.44. The highest BCUT2D eigenvalue weighted by molar-refractivity contribution is 5.79. The number of hydrogen-bond acceptors (Lipinski definition) is 5. The zero-order chi connectivity index (χ0) is 13.8. The van der Waals surface area contributed by atoms with Crippen molar-refractivity contribution in [3.8, 4) is 0 Å². The van der Waals surface area contributed by atoms with Gasteiger partial charge in [0.1, 0.15) is 0 Å². The first kappa shape index (κ1) is 13.5. The standard InChI is InChI=1S/C12H18FN5O/c1-15-12-16-6-9(13)11(17-12)18(7-10(14)19)8-4-2-3-5-8/h6,8H,2-5,7H2,1H3,(H2,14,19)(H,15,16,17). The molecule has 19 heavy (non-hydrogen) atoms. The summed E-state index contributed by atoms with van der Waals surface area (Å²) in [5.74, 6) is -0.558. The predicted octanol–water partition coefficient (Wildman–Crippen LogP) is 0.892. The average molecular weight is 267 g/mol. The smallest absolute Gasteiger partial charge is 0.237 e. The summed E-state index contributed by atoms with van der Waals surface area (Å²) >= 11 is 0. The van der Waals surface area contributed by atoms with E-state index in [2.05, 4.69) is 15.3 Å². The van der Waals surface area contributed by atoms with E-state index >= 15 is 0 Å². The minimum atomic E-state index is -0.535. The van der Waals surface area contributed by atoms with Crippen LogP contribution in [0.4, 0.5) is 16.2 Å². The highest BCUT2D eigenvalue weighted by atomic mass is 19.1. The molecule has 0 aliphatic heterocycles. The highest BCUT2D eigenvalue weighted by Gasteiger charge is 2.27. The minimum Gasteiger partial charge on any atom is -0.368 e. The SMILES string of the molecule is CNc1ncc(F)c(N(CC(N)=O)C2CCCC2)n1. The first-order valence-electron chi connectivity index (χ1n) is 6.37. The quantitative estimate of drug-likeness (QED) is 0.827. The molecule has 0 unspecified atom stereocenters. The van der Waals surface area contributed by atoms with Crippen LogP contribution in [0.5, 0.6) is 0 Å². The summed E-state index contributed by atoms with van der Waals surface area (Å²) in [6.07, 6.45) is 5.10. The van der Waals surface area contributed by atoms with E-state index < -0.39 is 11.7 Å². The minimum absolute atomic E-state index is 0.0260. The molecule has 3 N–H and O–H groups in total. The van der Waals surface area contributed by atoms with Crippen molar-refractivity contribution in [1.29, 1.82) is 0 Å². The van der Waals surface area contributed by atoms with Gasteiger partial charge in [-0.1, -0.05) is 12.8 Å². The molecule has 2 rings (SSSR count). The van der Waals surface area contributed by atoms with Gasteiger partial charge in [-0.25, -0.2) is 9.37 Å². The number of primary amides is 1. The monoisotopic (exact) mass is 267 g/mol. The van der Waals surface area contributed by atoms with Crippen LogP contribution in [-0.2, 0) is 4.79 Å². The van der Waals surface area contributed by atoms with Crippen LogP contribution in [-0.4, -0.2) is 35.5 Å². The molecule has 0 radical (unpaired) electrons. The fraction of sp³-hybridized carbons (Fsp3) is 0.583. The number of hydrogen-bond donors (Lipinski definition) is 2. The Balaban J connectivity index is 2.33. The van der Waals surface area contributed by atoms with Crippen LogP contribution < -0.4 is 16.0 Å². The van der Waals surface area contributed by atoms with Crippen LogP contribution in [0.3, 0.4) is 0 Å². The van der Waals surface area contributed by atoms with Crippen LogP contribution in [0, 0.1) is 5.82 Å². The van der Waals surface area contributed by atoms with Gasteiger partial charge in [0.25, 0.3) is 0 Å². The molecule has 7 heteroatoms. The molecule has 1 saturated carbocycles. The largest absolute Gasteiger partial charge is 0.368 e. The first-order valence-corrected chi connectivity index (χ1v) is 6.37. The molecular weight excluding hydrogens is 249 g/mol. The van der Waals surface area contributed by atoms with E-state index in [4.69, 9.17) is 5.73 Å². The number of amides is 1. The summed E-state index contributed by atoms with van der Waals surface area (Å²) < 4.78 is 13.9. The van der Waals surface area contributed by atoms with Crippen molar-refractivity contribution in [2.75, 3.05) is 23.8 Å². The summed E-state index contributed by atoms with van der Waals surface area (Å²) in [4.78, 5) is 20.8. The van der Waals surface area contributed by atoms with E-state index in [9.17, 15) is 9.18 Å². The third-order valence-electron chi connectivity index (χ3n) is 3.31. The van der Waals surface area contributed by atoms with E-state index in [1.165, 1.54) is 0 Å². The number of carbonyl (C=O) groups is 1. The molecule has 1 heterocycles. The Bertz CT molecular complexity index is 461. The van der Waals surface area contributed by atoms with Gasteiger partial charge in [-0.15, -0.1) is 0 Å². The van der Waals surface area contributed by atoms with Gasteiger partial charge < -0.3 is 16.0 Å². The lowest BCUT2D eigenvalue weighted by molar-refractivity contribution is -0.116. The Morgan fingerprint density at radius 2 is 2.26 bits per heavy atom. The zero-order valence-electron chi connectivity index (χ0n) is 10.9. The van der Waals surface area contributed by atoms with E-state index in [1.807, 2.05) is 0 Å². The molecule has 0 spiro atoms. The summed E-state index contributed by atoms with van der Waals surface area (Å²) in [6, 6.07) is 0.113. The van der Waals surface area contributed by atoms with Crippen LogP contribution in [0.1, 0.15) is 25.7 Å². The third-order valence-corrected chi connectivity index (χ3v) is 3.31. The lowest BCUT2D eigenvalue weighted by atomic mass is 10.2. The van der Waals surface area contributed by atoms with Crippen LogP contribution in [0.2, 0.25) is 0 Å². The number of nitrogens with one attached hydrogen (secondary N) is 1. The van der Waals surface area contributed by atoms with E-state index in [0.29, 0.717) is 5.95 Å². The van der Waals surface area contributed by atoms with Gasteiger partial charge in [-0.2, -0.15) is 4.98 Å². The number of carbonyl (C=O) groups excluding carboxylic acids is 1. The van der Waals surface area contributed by atoms with Crippen molar-refractivity contribution in [1.82, 2.24) is 9.97 Å². The predicted molar refractivity (Wildman–Crippen MR) is 70.3 cm³/mol. The molecule has 0 saturated heterocycles. The number of anilines is 2. The van der Waals surface area contributed by atoms with E-state index in [1.54, 1.807) is 11.9 Å². The Morgan fingerprint density at radius 1 is 1.58 bits per heavy atom. The second-order valence-electron chi connectivity index (χ2n) is 4.65. The fourth-order valence-electron chi connectivity index (χ4n) is 2.44. The summed E-state index contributed by atoms with van der Waals surface area (Å²) in [6.45, 7) is -0.0260. The van der Waals surface area contributed by atoms with Crippen molar-refractivity contribution in [3.63, 3.8) is 0 Å². The molecule has 104 valence electrons. The maximum atomic E-state index is 13.9. The molecule has 0 bridgehead atoms. The number of aromatic nitrogens is 2. The normalized spacial score (nSPS) is 15.5. The second-order valence-corrected chi connectivity index (χ2v) is 4.65. The maximum Gasteiger partial charge on any atom is 0.237 e. The third kappa shape index (κ3) is 3.10. The van der Waals surface area contributed by atoms with Crippen LogP contribution in [0.15, 0.2) is 6.20 Å². The molecule has 1 aromatic rings. The number of halogens is 1. The van der Waals surface area contributed by atoms with Gasteiger partial charge >= 0.3 is 0 Å². The Hall–Kier alpha value is -1.92. The van der Waals surface area contributed by atoms with Gasteiger partial charge in [0.2, 0.25) is 11.9 Å². The lowest BCUT2D eigenvalue weighted by Crippen LogP contribution is -2.41. The molecule has 1 amide bonds. The number of rotatable bonds is 5. The molecule has 0 aromatic carbocycles. The molecule has 1 aliphatic carbocycles. The molecule has 1 aliphatic rings. The average Bonchev–Trinajstić information content (AvgIpc) is 2.90. The van der Waals surface area contributed by atoms with Gasteiger partial charge in [-0.05, 0) is 12.8 Å². The Morgan fingerprint density at radius 3 is 2.84 bits per heavy atom. The maximum absolute atomic E-state index is 13.9. The van der Waals surface area contributed by atoms with E-state index in [-0.39, 0.29) is 18.4 Å². The first-order chi connectivity index (χ1) is 9.11. The lowest BCUT2D eigenvalue weighted by Gasteiger charge is -2.29. The van der Waals surface area contributed by atoms with Crippen molar-refractivity contribution in [3.05, 3.63) is 12.0 Å². The van der Waals surface area contributed by atoms with Gasteiger partial charge in [0, 0.05) is 13.1 Å². The highest BCUT2D eigenvalue weighted by Crippen LogP contribution is 2.28. The summed E-state index contributed by atoms with van der Waals surface area (Å²) in [7, 11) is 1.66. The molecule has 1 aromatic heterocycles. The Kier molecular flexibility index (Phi) is 4.13. The summed E-state index contributed by atoms with van der Waals surface area (Å²) in [5.41, 5.74) is 5.26. The number of nitrogens with zero attached hydrogens (tertiary/aromatic N) is 3. The van der Waals surface area contributed by atoms with Crippen molar-refractivity contribution < 1.29 is 9.18 Å². The van der Waals surface area contributed by atoms with Crippen molar-refractivity contribution in [2.45, 2.75) is 31.7 Å². The van der Waals surface area contributed by atoms with Gasteiger partial charge in [0.05, 0.1) is 12.7 Å². The van der Waals surface area contributed by atoms with Gasteiger partial charge in [-0.3, -0.25) is 4.79 Å². The molecule has 6 nitrogen and oxygen atoms in total. The van der Waals surface area contributed by atoms with Crippen molar-refractivity contribution in [2.24, 2.45) is 5.73 Å². The zero-order valence-corrected chi connectivity index (χ0v) is 10.9. The number of nitrogens with two attached hydrogens (primary N) is 1.